The van der Waals surface area contributed by atoms with E-state index in [1.54, 1.807) is 11.3 Å². The summed E-state index contributed by atoms with van der Waals surface area (Å²) in [6.45, 7) is 11.9. The van der Waals surface area contributed by atoms with Crippen LogP contribution in [0.25, 0.3) is 0 Å². The van der Waals surface area contributed by atoms with Crippen molar-refractivity contribution in [2.45, 2.75) is 32.7 Å². The first kappa shape index (κ1) is 11.4. The van der Waals surface area contributed by atoms with Gasteiger partial charge < -0.3 is 5.32 Å². The largest absolute Gasteiger partial charge is 0.308 e. The Morgan fingerprint density at radius 3 is 2.79 bits per heavy atom. The van der Waals surface area contributed by atoms with Crippen molar-refractivity contribution in [1.29, 1.82) is 0 Å². The fraction of sp³-hybridized carbons (Fsp3) is 0.545. The van der Waals surface area contributed by atoms with Gasteiger partial charge in [0.25, 0.3) is 0 Å². The average Bonchev–Trinajstić information content (AvgIpc) is 2.52. The van der Waals surface area contributed by atoms with Gasteiger partial charge in [0.15, 0.2) is 0 Å². The molecule has 3 heteroatoms. The first-order valence-corrected chi connectivity index (χ1v) is 5.68. The predicted molar refractivity (Wildman–Crippen MR) is 62.7 cm³/mol. The fourth-order valence-electron chi connectivity index (χ4n) is 1.03. The van der Waals surface area contributed by atoms with E-state index in [1.807, 2.05) is 6.08 Å². The third kappa shape index (κ3) is 3.24. The van der Waals surface area contributed by atoms with Gasteiger partial charge in [-0.1, -0.05) is 26.8 Å². The summed E-state index contributed by atoms with van der Waals surface area (Å²) in [6.07, 6.45) is 1.86. The highest BCUT2D eigenvalue weighted by molar-refractivity contribution is 7.09. The maximum Gasteiger partial charge on any atom is 0.0982 e. The number of hydrogen-bond acceptors (Lipinski definition) is 3. The average molecular weight is 210 g/mol. The molecule has 1 aromatic rings. The fourth-order valence-corrected chi connectivity index (χ4v) is 1.94. The molecule has 78 valence electrons. The van der Waals surface area contributed by atoms with Gasteiger partial charge in [0.05, 0.1) is 10.7 Å². The molecular formula is C11H18N2S. The summed E-state index contributed by atoms with van der Waals surface area (Å²) in [5, 5.41) is 6.57. The molecule has 2 nitrogen and oxygen atoms in total. The summed E-state index contributed by atoms with van der Waals surface area (Å²) in [5.41, 5.74) is 1.29. The Bertz CT molecular complexity index is 296. The molecule has 0 amide bonds. The van der Waals surface area contributed by atoms with Gasteiger partial charge in [-0.2, -0.15) is 0 Å². The van der Waals surface area contributed by atoms with Crippen molar-refractivity contribution in [3.8, 4) is 0 Å². The van der Waals surface area contributed by atoms with Crippen molar-refractivity contribution in [2.75, 3.05) is 6.54 Å². The maximum atomic E-state index is 4.58. The Morgan fingerprint density at radius 1 is 1.57 bits per heavy atom. The van der Waals surface area contributed by atoms with Gasteiger partial charge in [0.1, 0.15) is 0 Å². The topological polar surface area (TPSA) is 24.9 Å². The molecule has 0 saturated heterocycles. The van der Waals surface area contributed by atoms with E-state index in [-0.39, 0.29) is 5.41 Å². The molecule has 0 spiro atoms. The molecule has 0 unspecified atom stereocenters. The normalized spacial score (nSPS) is 11.6. The number of aromatic nitrogens is 1. The van der Waals surface area contributed by atoms with Gasteiger partial charge in [-0.05, 0) is 0 Å². The summed E-state index contributed by atoms with van der Waals surface area (Å²) in [7, 11) is 0. The number of nitrogens with one attached hydrogen (secondary N) is 1. The lowest BCUT2D eigenvalue weighted by Crippen LogP contribution is -2.14. The summed E-state index contributed by atoms with van der Waals surface area (Å²) >= 11 is 1.74. The molecule has 14 heavy (non-hydrogen) atoms. The molecule has 0 fully saturated rings. The molecule has 0 saturated carbocycles. The predicted octanol–water partition coefficient (Wildman–Crippen LogP) is 2.72. The summed E-state index contributed by atoms with van der Waals surface area (Å²) in [5.74, 6) is 0. The van der Waals surface area contributed by atoms with Gasteiger partial charge in [0.2, 0.25) is 0 Å². The van der Waals surface area contributed by atoms with Crippen molar-refractivity contribution in [1.82, 2.24) is 10.3 Å². The first-order valence-electron chi connectivity index (χ1n) is 4.80. The molecule has 0 bridgehead atoms. The molecule has 1 heterocycles. The van der Waals surface area contributed by atoms with Crippen molar-refractivity contribution in [2.24, 2.45) is 0 Å². The van der Waals surface area contributed by atoms with E-state index in [9.17, 15) is 0 Å². The molecule has 1 rings (SSSR count). The van der Waals surface area contributed by atoms with Gasteiger partial charge in [0, 0.05) is 23.9 Å². The quantitative estimate of drug-likeness (QED) is 0.610. The van der Waals surface area contributed by atoms with Crippen LogP contribution < -0.4 is 5.32 Å². The second kappa shape index (κ2) is 4.71. The number of hydrogen-bond donors (Lipinski definition) is 1. The second-order valence-electron chi connectivity index (χ2n) is 4.31. The Labute approximate surface area is 90.1 Å². The van der Waals surface area contributed by atoms with Crippen LogP contribution in [0, 0.1) is 0 Å². The van der Waals surface area contributed by atoms with E-state index in [0.29, 0.717) is 0 Å². The zero-order chi connectivity index (χ0) is 10.6. The SMILES string of the molecule is C=CCNCc1csc(C(C)(C)C)n1. The molecule has 0 aromatic carbocycles. The van der Waals surface area contributed by atoms with E-state index >= 15 is 0 Å². The molecule has 0 atom stereocenters. The zero-order valence-electron chi connectivity index (χ0n) is 9.13. The Kier molecular flexibility index (Phi) is 3.84. The lowest BCUT2D eigenvalue weighted by Gasteiger charge is -2.13. The minimum absolute atomic E-state index is 0.168. The van der Waals surface area contributed by atoms with E-state index in [4.69, 9.17) is 0 Å². The Hall–Kier alpha value is -0.670. The third-order valence-electron chi connectivity index (χ3n) is 1.79. The van der Waals surface area contributed by atoms with Gasteiger partial charge in [-0.15, -0.1) is 17.9 Å². The standard InChI is InChI=1S/C11H18N2S/c1-5-6-12-7-9-8-14-10(13-9)11(2,3)4/h5,8,12H,1,6-7H2,2-4H3. The molecule has 0 radical (unpaired) electrons. The Morgan fingerprint density at radius 2 is 2.29 bits per heavy atom. The van der Waals surface area contributed by atoms with Gasteiger partial charge in [-0.25, -0.2) is 4.98 Å². The lowest BCUT2D eigenvalue weighted by molar-refractivity contribution is 0.581. The van der Waals surface area contributed by atoms with E-state index in [1.165, 1.54) is 5.01 Å². The summed E-state index contributed by atoms with van der Waals surface area (Å²) in [6, 6.07) is 0. The van der Waals surface area contributed by atoms with Crippen LogP contribution in [-0.2, 0) is 12.0 Å². The molecule has 0 aliphatic carbocycles. The highest BCUT2D eigenvalue weighted by Crippen LogP contribution is 2.25. The maximum absolute atomic E-state index is 4.58. The number of thiazole rings is 1. The van der Waals surface area contributed by atoms with Crippen molar-refractivity contribution in [3.63, 3.8) is 0 Å². The highest BCUT2D eigenvalue weighted by atomic mass is 32.1. The minimum atomic E-state index is 0.168. The molecule has 1 N–H and O–H groups in total. The van der Waals surface area contributed by atoms with Crippen LogP contribution in [0.5, 0.6) is 0 Å². The molecule has 0 aliphatic rings. The number of rotatable bonds is 4. The van der Waals surface area contributed by atoms with Crippen molar-refractivity contribution >= 4 is 11.3 Å². The van der Waals surface area contributed by atoms with Gasteiger partial charge in [-0.3, -0.25) is 0 Å². The van der Waals surface area contributed by atoms with Crippen LogP contribution in [0.2, 0.25) is 0 Å². The monoisotopic (exact) mass is 210 g/mol. The van der Waals surface area contributed by atoms with Crippen LogP contribution in [0.1, 0.15) is 31.5 Å². The van der Waals surface area contributed by atoms with E-state index < -0.39 is 0 Å². The zero-order valence-corrected chi connectivity index (χ0v) is 9.95. The van der Waals surface area contributed by atoms with Crippen LogP contribution in [0.4, 0.5) is 0 Å². The molecular weight excluding hydrogens is 192 g/mol. The smallest absolute Gasteiger partial charge is 0.0982 e. The van der Waals surface area contributed by atoms with Crippen molar-refractivity contribution in [3.05, 3.63) is 28.7 Å². The van der Waals surface area contributed by atoms with Crippen LogP contribution >= 0.6 is 11.3 Å². The molecule has 1 aromatic heterocycles. The minimum Gasteiger partial charge on any atom is -0.308 e. The van der Waals surface area contributed by atoms with E-state index in [2.05, 4.69) is 43.0 Å². The lowest BCUT2D eigenvalue weighted by atomic mass is 9.98. The first-order chi connectivity index (χ1) is 6.54. The molecule has 0 aliphatic heterocycles. The highest BCUT2D eigenvalue weighted by Gasteiger charge is 2.17. The second-order valence-corrected chi connectivity index (χ2v) is 5.17. The summed E-state index contributed by atoms with van der Waals surface area (Å²) < 4.78 is 0. The van der Waals surface area contributed by atoms with Crippen LogP contribution in [-0.4, -0.2) is 11.5 Å². The van der Waals surface area contributed by atoms with Gasteiger partial charge >= 0.3 is 0 Å². The van der Waals surface area contributed by atoms with Crippen molar-refractivity contribution < 1.29 is 0 Å². The Balaban J connectivity index is 2.55. The van der Waals surface area contributed by atoms with E-state index in [0.717, 1.165) is 18.8 Å². The van der Waals surface area contributed by atoms with Crippen LogP contribution in [0.15, 0.2) is 18.0 Å². The van der Waals surface area contributed by atoms with Crippen LogP contribution in [0.3, 0.4) is 0 Å². The number of nitrogens with zero attached hydrogens (tertiary/aromatic N) is 1. The summed E-state index contributed by atoms with van der Waals surface area (Å²) in [4.78, 5) is 4.58. The third-order valence-corrected chi connectivity index (χ3v) is 3.10.